The van der Waals surface area contributed by atoms with Crippen LogP contribution in [0.25, 0.3) is 0 Å². The highest BCUT2D eigenvalue weighted by molar-refractivity contribution is 5.38. The summed E-state index contributed by atoms with van der Waals surface area (Å²) in [5.74, 6) is 0.971. The Kier molecular flexibility index (Phi) is 6.43. The molecule has 2 heterocycles. The van der Waals surface area contributed by atoms with Crippen molar-refractivity contribution < 1.29 is 0 Å². The van der Waals surface area contributed by atoms with Gasteiger partial charge in [0.05, 0.1) is 0 Å². The molecule has 1 aliphatic rings. The molecule has 21 heavy (non-hydrogen) atoms. The Labute approximate surface area is 129 Å². The average molecular weight is 290 g/mol. The van der Waals surface area contributed by atoms with Gasteiger partial charge in [0.15, 0.2) is 0 Å². The van der Waals surface area contributed by atoms with Crippen LogP contribution in [0.1, 0.15) is 56.5 Å². The Balaban J connectivity index is 2.29. The molecule has 4 heteroatoms. The van der Waals surface area contributed by atoms with Gasteiger partial charge in [-0.15, -0.1) is 0 Å². The number of hydrogen-bond donors (Lipinski definition) is 1. The molecule has 0 unspecified atom stereocenters. The van der Waals surface area contributed by atoms with Gasteiger partial charge in [-0.2, -0.15) is 0 Å². The molecule has 0 atom stereocenters. The van der Waals surface area contributed by atoms with Crippen LogP contribution in [-0.4, -0.2) is 36.6 Å². The monoisotopic (exact) mass is 290 g/mol. The fourth-order valence-corrected chi connectivity index (χ4v) is 3.10. The second kappa shape index (κ2) is 8.32. The smallest absolute Gasteiger partial charge is 0.225 e. The van der Waals surface area contributed by atoms with Crippen molar-refractivity contribution in [2.45, 2.75) is 58.8 Å². The van der Waals surface area contributed by atoms with Crippen LogP contribution in [0.2, 0.25) is 0 Å². The van der Waals surface area contributed by atoms with Crippen molar-refractivity contribution in [1.82, 2.24) is 15.3 Å². The molecular weight excluding hydrogens is 260 g/mol. The zero-order valence-corrected chi connectivity index (χ0v) is 13.9. The molecule has 1 fully saturated rings. The number of nitrogens with zero attached hydrogens (tertiary/aromatic N) is 3. The molecule has 0 aliphatic carbocycles. The molecule has 118 valence electrons. The molecule has 0 aromatic carbocycles. The predicted molar refractivity (Wildman–Crippen MR) is 89.1 cm³/mol. The summed E-state index contributed by atoms with van der Waals surface area (Å²) in [6.07, 6.45) is 8.26. The lowest BCUT2D eigenvalue weighted by Gasteiger charge is -2.23. The first-order valence-corrected chi connectivity index (χ1v) is 8.58. The fourth-order valence-electron chi connectivity index (χ4n) is 3.10. The van der Waals surface area contributed by atoms with Crippen LogP contribution in [0, 0.1) is 0 Å². The van der Waals surface area contributed by atoms with Gasteiger partial charge in [0, 0.05) is 24.5 Å². The normalized spacial score (nSPS) is 16.0. The zero-order chi connectivity index (χ0) is 15.1. The van der Waals surface area contributed by atoms with Crippen LogP contribution < -0.4 is 10.2 Å². The van der Waals surface area contributed by atoms with Gasteiger partial charge in [-0.25, -0.2) is 9.97 Å². The maximum atomic E-state index is 4.91. The first kappa shape index (κ1) is 16.2. The van der Waals surface area contributed by atoms with Gasteiger partial charge in [-0.3, -0.25) is 0 Å². The highest BCUT2D eigenvalue weighted by Crippen LogP contribution is 2.21. The van der Waals surface area contributed by atoms with E-state index in [-0.39, 0.29) is 0 Å². The minimum Gasteiger partial charge on any atom is -0.341 e. The Bertz CT molecular complexity index is 411. The molecule has 1 aromatic rings. The van der Waals surface area contributed by atoms with Crippen molar-refractivity contribution in [2.75, 3.05) is 31.6 Å². The summed E-state index contributed by atoms with van der Waals surface area (Å²) in [7, 11) is 2.00. The van der Waals surface area contributed by atoms with E-state index in [0.717, 1.165) is 44.8 Å². The molecular formula is C17H30N4. The van der Waals surface area contributed by atoms with Gasteiger partial charge in [-0.1, -0.05) is 26.7 Å². The Morgan fingerprint density at radius 2 is 1.52 bits per heavy atom. The molecule has 0 radical (unpaired) electrons. The van der Waals surface area contributed by atoms with E-state index < -0.39 is 0 Å². The lowest BCUT2D eigenvalue weighted by molar-refractivity contribution is 0.726. The summed E-state index contributed by atoms with van der Waals surface area (Å²) in [5, 5.41) is 3.24. The topological polar surface area (TPSA) is 41.1 Å². The summed E-state index contributed by atoms with van der Waals surface area (Å²) in [6, 6.07) is 0. The second-order valence-electron chi connectivity index (χ2n) is 5.86. The minimum absolute atomic E-state index is 0.971. The molecule has 1 aliphatic heterocycles. The van der Waals surface area contributed by atoms with Crippen molar-refractivity contribution in [3.63, 3.8) is 0 Å². The standard InChI is InChI=1S/C17H30N4/c1-4-15-14(10-11-18-3)16(5-2)20-17(19-15)21-12-8-6-7-9-13-21/h18H,4-13H2,1-3H3. The summed E-state index contributed by atoms with van der Waals surface area (Å²) >= 11 is 0. The van der Waals surface area contributed by atoms with Gasteiger partial charge >= 0.3 is 0 Å². The molecule has 1 saturated heterocycles. The van der Waals surface area contributed by atoms with Gasteiger partial charge in [0.25, 0.3) is 0 Å². The maximum absolute atomic E-state index is 4.91. The summed E-state index contributed by atoms with van der Waals surface area (Å²) in [4.78, 5) is 12.2. The third-order valence-electron chi connectivity index (χ3n) is 4.35. The van der Waals surface area contributed by atoms with E-state index in [0.29, 0.717) is 0 Å². The Hall–Kier alpha value is -1.16. The van der Waals surface area contributed by atoms with Gasteiger partial charge < -0.3 is 10.2 Å². The first-order chi connectivity index (χ1) is 10.3. The summed E-state index contributed by atoms with van der Waals surface area (Å²) in [5.41, 5.74) is 3.86. The molecule has 0 bridgehead atoms. The Morgan fingerprint density at radius 3 is 2.00 bits per heavy atom. The largest absolute Gasteiger partial charge is 0.341 e. The SMILES string of the molecule is CCc1nc(N2CCCCCC2)nc(CC)c1CCNC. The predicted octanol–water partition coefficient (Wildman–Crippen LogP) is 2.74. The van der Waals surface area contributed by atoms with Crippen LogP contribution >= 0.6 is 0 Å². The lowest BCUT2D eigenvalue weighted by atomic mass is 10.0. The molecule has 2 rings (SSSR count). The summed E-state index contributed by atoms with van der Waals surface area (Å²) in [6.45, 7) is 7.63. The van der Waals surface area contributed by atoms with E-state index in [4.69, 9.17) is 9.97 Å². The van der Waals surface area contributed by atoms with Gasteiger partial charge in [-0.05, 0) is 51.3 Å². The van der Waals surface area contributed by atoms with Crippen LogP contribution in [0.4, 0.5) is 5.95 Å². The number of hydrogen-bond acceptors (Lipinski definition) is 4. The van der Waals surface area contributed by atoms with Crippen LogP contribution in [0.15, 0.2) is 0 Å². The number of rotatable bonds is 6. The number of aromatic nitrogens is 2. The van der Waals surface area contributed by atoms with Crippen molar-refractivity contribution in [1.29, 1.82) is 0 Å². The van der Waals surface area contributed by atoms with E-state index in [1.54, 1.807) is 0 Å². The minimum atomic E-state index is 0.971. The highest BCUT2D eigenvalue weighted by atomic mass is 15.2. The van der Waals surface area contributed by atoms with Gasteiger partial charge in [0.2, 0.25) is 5.95 Å². The number of likely N-dealkylation sites (N-methyl/N-ethyl adjacent to an activating group) is 1. The molecule has 1 N–H and O–H groups in total. The third kappa shape index (κ3) is 4.16. The van der Waals surface area contributed by atoms with E-state index in [2.05, 4.69) is 24.1 Å². The van der Waals surface area contributed by atoms with Crippen LogP contribution in [0.3, 0.4) is 0 Å². The number of anilines is 1. The average Bonchev–Trinajstić information content (AvgIpc) is 2.81. The highest BCUT2D eigenvalue weighted by Gasteiger charge is 2.17. The maximum Gasteiger partial charge on any atom is 0.225 e. The Morgan fingerprint density at radius 1 is 0.952 bits per heavy atom. The molecule has 4 nitrogen and oxygen atoms in total. The first-order valence-electron chi connectivity index (χ1n) is 8.58. The molecule has 1 aromatic heterocycles. The summed E-state index contributed by atoms with van der Waals surface area (Å²) < 4.78 is 0. The van der Waals surface area contributed by atoms with Crippen LogP contribution in [-0.2, 0) is 19.3 Å². The third-order valence-corrected chi connectivity index (χ3v) is 4.35. The van der Waals surface area contributed by atoms with E-state index in [1.165, 1.54) is 42.6 Å². The van der Waals surface area contributed by atoms with Crippen molar-refractivity contribution in [3.8, 4) is 0 Å². The molecule has 0 saturated carbocycles. The van der Waals surface area contributed by atoms with Crippen molar-refractivity contribution in [3.05, 3.63) is 17.0 Å². The lowest BCUT2D eigenvalue weighted by Crippen LogP contribution is -2.27. The molecule has 0 amide bonds. The quantitative estimate of drug-likeness (QED) is 0.874. The van der Waals surface area contributed by atoms with E-state index >= 15 is 0 Å². The van der Waals surface area contributed by atoms with Crippen molar-refractivity contribution >= 4 is 5.95 Å². The van der Waals surface area contributed by atoms with E-state index in [1.807, 2.05) is 7.05 Å². The second-order valence-corrected chi connectivity index (χ2v) is 5.86. The van der Waals surface area contributed by atoms with E-state index in [9.17, 15) is 0 Å². The zero-order valence-electron chi connectivity index (χ0n) is 13.9. The fraction of sp³-hybridized carbons (Fsp3) is 0.765. The number of aryl methyl sites for hydroxylation is 2. The van der Waals surface area contributed by atoms with Crippen molar-refractivity contribution in [2.24, 2.45) is 0 Å². The number of nitrogens with one attached hydrogen (secondary N) is 1. The molecule has 0 spiro atoms. The van der Waals surface area contributed by atoms with Gasteiger partial charge in [0.1, 0.15) is 0 Å². The van der Waals surface area contributed by atoms with Crippen LogP contribution in [0.5, 0.6) is 0 Å².